The van der Waals surface area contributed by atoms with E-state index in [1.54, 1.807) is 25.1 Å². The lowest BCUT2D eigenvalue weighted by molar-refractivity contribution is -0.123. The van der Waals surface area contributed by atoms with E-state index < -0.39 is 34.6 Å². The number of alkyl carbamates (subject to hydrolysis) is 1. The van der Waals surface area contributed by atoms with Gasteiger partial charge in [0, 0.05) is 12.6 Å². The molecule has 2 rings (SSSR count). The molecule has 2 aromatic carbocycles. The van der Waals surface area contributed by atoms with Crippen LogP contribution in [0.1, 0.15) is 46.6 Å². The highest BCUT2D eigenvalue weighted by Crippen LogP contribution is 2.06. The Labute approximate surface area is 214 Å². The first-order chi connectivity index (χ1) is 17.2. The third kappa shape index (κ3) is 18.0. The van der Waals surface area contributed by atoms with Crippen molar-refractivity contribution in [3.8, 4) is 0 Å². The number of nitrogens with one attached hydrogen (secondary N) is 3. The highest BCUT2D eigenvalue weighted by Gasteiger charge is 2.16. The van der Waals surface area contributed by atoms with Crippen molar-refractivity contribution in [2.24, 2.45) is 0 Å². The molecule has 0 aliphatic carbocycles. The Hall–Kier alpha value is -3.44. The van der Waals surface area contributed by atoms with Gasteiger partial charge in [-0.15, -0.1) is 0 Å². The molecular formula is C25H39N3O7S. The number of carboxylic acid groups (broad SMARTS) is 1. The summed E-state index contributed by atoms with van der Waals surface area (Å²) < 4.78 is 31.4. The summed E-state index contributed by atoms with van der Waals surface area (Å²) in [5.74, 6) is -0.508. The van der Waals surface area contributed by atoms with Crippen LogP contribution in [-0.2, 0) is 31.0 Å². The van der Waals surface area contributed by atoms with Crippen LogP contribution in [0.4, 0.5) is 4.79 Å². The van der Waals surface area contributed by atoms with Gasteiger partial charge in [0.2, 0.25) is 15.9 Å². The maximum Gasteiger partial charge on any atom is 0.407 e. The minimum Gasteiger partial charge on any atom is -0.483 e. The Balaban J connectivity index is 0. The van der Waals surface area contributed by atoms with Crippen LogP contribution in [0.25, 0.3) is 0 Å². The second-order valence-corrected chi connectivity index (χ2v) is 8.63. The van der Waals surface area contributed by atoms with Crippen molar-refractivity contribution in [3.05, 3.63) is 66.2 Å². The summed E-state index contributed by atoms with van der Waals surface area (Å²) in [6, 6.07) is 16.6. The van der Waals surface area contributed by atoms with E-state index >= 15 is 0 Å². The molecule has 0 aromatic heterocycles. The zero-order valence-electron chi connectivity index (χ0n) is 21.6. The fourth-order valence-electron chi connectivity index (χ4n) is 2.23. The smallest absolute Gasteiger partial charge is 0.407 e. The molecule has 2 amide bonds. The molecule has 2 aromatic rings. The molecule has 0 spiro atoms. The molecule has 1 atom stereocenters. The van der Waals surface area contributed by atoms with Crippen molar-refractivity contribution in [1.82, 2.24) is 15.4 Å². The lowest BCUT2D eigenvalue weighted by Gasteiger charge is -2.15. The molecule has 10 nitrogen and oxygen atoms in total. The van der Waals surface area contributed by atoms with Gasteiger partial charge in [-0.3, -0.25) is 9.59 Å². The lowest BCUT2D eigenvalue weighted by atomic mass is 10.2. The predicted octanol–water partition coefficient (Wildman–Crippen LogP) is 3.54. The van der Waals surface area contributed by atoms with E-state index in [1.165, 1.54) is 18.6 Å². The van der Waals surface area contributed by atoms with Crippen molar-refractivity contribution < 1.29 is 32.6 Å². The molecule has 1 unspecified atom stereocenters. The standard InChI is InChI=1S/C19H23N3O5S.C3H8.C2H6.CH2O2/c1-15(12-20-19(24)27-14-16-8-4-2-5-9-16)22-18(23)13-21-28(25,26)17-10-6-3-7-11-17;1-3-2;1-2;2-1-3/h2-11,15,21H,12-14H2,1H3,(H,20,24)(H,22,23);3H2,1-2H3;1-2H3;1H,(H,2,3). The third-order valence-electron chi connectivity index (χ3n) is 3.65. The van der Waals surface area contributed by atoms with Gasteiger partial charge in [0.05, 0.1) is 11.4 Å². The Morgan fingerprint density at radius 3 is 1.97 bits per heavy atom. The van der Waals surface area contributed by atoms with E-state index in [0.717, 1.165) is 5.56 Å². The number of ether oxygens (including phenoxy) is 1. The summed E-state index contributed by atoms with van der Waals surface area (Å²) in [6.45, 7) is 9.57. The molecule has 0 heterocycles. The van der Waals surface area contributed by atoms with E-state index in [4.69, 9.17) is 14.6 Å². The number of benzene rings is 2. The van der Waals surface area contributed by atoms with Gasteiger partial charge >= 0.3 is 6.09 Å². The largest absolute Gasteiger partial charge is 0.483 e. The zero-order valence-corrected chi connectivity index (χ0v) is 22.4. The van der Waals surface area contributed by atoms with Crippen molar-refractivity contribution in [3.63, 3.8) is 0 Å². The van der Waals surface area contributed by atoms with Crippen LogP contribution in [0.15, 0.2) is 65.6 Å². The second-order valence-electron chi connectivity index (χ2n) is 6.86. The van der Waals surface area contributed by atoms with Crippen molar-refractivity contribution in [1.29, 1.82) is 0 Å². The molecule has 0 saturated carbocycles. The van der Waals surface area contributed by atoms with E-state index in [2.05, 4.69) is 29.2 Å². The number of carbonyl (C=O) groups excluding carboxylic acids is 2. The van der Waals surface area contributed by atoms with Gasteiger partial charge in [-0.1, -0.05) is 82.6 Å². The molecule has 36 heavy (non-hydrogen) atoms. The van der Waals surface area contributed by atoms with Gasteiger partial charge < -0.3 is 20.5 Å². The monoisotopic (exact) mass is 525 g/mol. The molecule has 0 bridgehead atoms. The van der Waals surface area contributed by atoms with Gasteiger partial charge in [-0.25, -0.2) is 17.9 Å². The first-order valence-electron chi connectivity index (χ1n) is 11.6. The van der Waals surface area contributed by atoms with E-state index in [0.29, 0.717) is 0 Å². The number of sulfonamides is 1. The van der Waals surface area contributed by atoms with Crippen LogP contribution in [-0.4, -0.2) is 51.1 Å². The molecule has 0 radical (unpaired) electrons. The van der Waals surface area contributed by atoms with Crippen LogP contribution >= 0.6 is 0 Å². The highest BCUT2D eigenvalue weighted by molar-refractivity contribution is 7.89. The first-order valence-corrected chi connectivity index (χ1v) is 13.0. The van der Waals surface area contributed by atoms with Crippen molar-refractivity contribution in [2.45, 2.75) is 58.6 Å². The highest BCUT2D eigenvalue weighted by atomic mass is 32.2. The number of rotatable bonds is 9. The quantitative estimate of drug-likeness (QED) is 0.366. The molecular weight excluding hydrogens is 486 g/mol. The van der Waals surface area contributed by atoms with Crippen LogP contribution in [0, 0.1) is 0 Å². The summed E-state index contributed by atoms with van der Waals surface area (Å²) in [5, 5.41) is 12.0. The Bertz CT molecular complexity index is 941. The molecule has 0 fully saturated rings. The number of hydrogen-bond acceptors (Lipinski definition) is 6. The average molecular weight is 526 g/mol. The van der Waals surface area contributed by atoms with E-state index in [9.17, 15) is 18.0 Å². The molecule has 11 heteroatoms. The molecule has 202 valence electrons. The Kier molecular flexibility index (Phi) is 21.3. The lowest BCUT2D eigenvalue weighted by Crippen LogP contribution is -2.45. The van der Waals surface area contributed by atoms with Crippen molar-refractivity contribution >= 4 is 28.5 Å². The number of hydrogen-bond donors (Lipinski definition) is 4. The van der Waals surface area contributed by atoms with E-state index in [-0.39, 0.29) is 24.5 Å². The summed E-state index contributed by atoms with van der Waals surface area (Å²) >= 11 is 0. The average Bonchev–Trinajstić information content (AvgIpc) is 2.88. The summed E-state index contributed by atoms with van der Waals surface area (Å²) in [7, 11) is -3.75. The first kappa shape index (κ1) is 34.7. The number of carbonyl (C=O) groups is 3. The molecule has 4 N–H and O–H groups in total. The fraction of sp³-hybridized carbons (Fsp3) is 0.400. The normalized spacial score (nSPS) is 10.4. The molecule has 0 saturated heterocycles. The summed E-state index contributed by atoms with van der Waals surface area (Å²) in [6.07, 6.45) is 0.648. The third-order valence-corrected chi connectivity index (χ3v) is 5.07. The maximum absolute atomic E-state index is 12.1. The van der Waals surface area contributed by atoms with Crippen LogP contribution in [0.3, 0.4) is 0 Å². The SMILES string of the molecule is CC.CC(CNC(=O)OCc1ccccc1)NC(=O)CNS(=O)(=O)c1ccccc1.CCC.O=CO. The summed E-state index contributed by atoms with van der Waals surface area (Å²) in [5.41, 5.74) is 0.865. The summed E-state index contributed by atoms with van der Waals surface area (Å²) in [4.78, 5) is 32.0. The van der Waals surface area contributed by atoms with Gasteiger partial charge in [-0.05, 0) is 24.6 Å². The topological polar surface area (TPSA) is 151 Å². The fourth-order valence-corrected chi connectivity index (χ4v) is 3.23. The van der Waals surface area contributed by atoms with E-state index in [1.807, 2.05) is 44.2 Å². The van der Waals surface area contributed by atoms with Crippen LogP contribution in [0.2, 0.25) is 0 Å². The maximum atomic E-state index is 12.1. The number of amides is 2. The van der Waals surface area contributed by atoms with Gasteiger partial charge in [0.1, 0.15) is 6.61 Å². The van der Waals surface area contributed by atoms with Crippen LogP contribution < -0.4 is 15.4 Å². The second kappa shape index (κ2) is 22.1. The van der Waals surface area contributed by atoms with Gasteiger partial charge in [0.15, 0.2) is 0 Å². The van der Waals surface area contributed by atoms with Crippen molar-refractivity contribution in [2.75, 3.05) is 13.1 Å². The zero-order chi connectivity index (χ0) is 27.8. The van der Waals surface area contributed by atoms with Crippen LogP contribution in [0.5, 0.6) is 0 Å². The molecule has 0 aliphatic heterocycles. The minimum absolute atomic E-state index is 0.0821. The molecule has 0 aliphatic rings. The van der Waals surface area contributed by atoms with Gasteiger partial charge in [0.25, 0.3) is 6.47 Å². The van der Waals surface area contributed by atoms with Gasteiger partial charge in [-0.2, -0.15) is 0 Å². The Morgan fingerprint density at radius 1 is 1.00 bits per heavy atom. The minimum atomic E-state index is -3.75. The predicted molar refractivity (Wildman–Crippen MR) is 140 cm³/mol. The Morgan fingerprint density at radius 2 is 1.47 bits per heavy atom.